The SMILES string of the molecule is CN(C)C(ON1C(=O)CCC1=O)N1CCOCC1.FP(F)(F)(F)F.[F-]. The number of imide groups is 1. The van der Waals surface area contributed by atoms with E-state index >= 15 is 0 Å². The minimum atomic E-state index is -8.55. The Labute approximate surface area is 140 Å². The number of nitrogens with zero attached hydrogens (tertiary/aromatic N) is 3. The van der Waals surface area contributed by atoms with Crippen LogP contribution in [0.2, 0.25) is 0 Å². The average Bonchev–Trinajstić information content (AvgIpc) is 2.73. The number of ether oxygens (including phenoxy) is 1. The van der Waals surface area contributed by atoms with Gasteiger partial charge >= 0.3 is 29.1 Å². The second-order valence-corrected chi connectivity index (χ2v) is 6.54. The molecule has 14 heteroatoms. The quantitative estimate of drug-likeness (QED) is 0.266. The van der Waals surface area contributed by atoms with Crippen LogP contribution in [-0.4, -0.2) is 73.4 Å². The molecule has 2 fully saturated rings. The van der Waals surface area contributed by atoms with Gasteiger partial charge in [-0.25, -0.2) is 4.84 Å². The second-order valence-electron chi connectivity index (χ2n) is 5.26. The summed E-state index contributed by atoms with van der Waals surface area (Å²) in [6, 6.07) is 0. The Balaban J connectivity index is 0.000000715. The van der Waals surface area contributed by atoms with Gasteiger partial charge in [-0.3, -0.25) is 19.4 Å². The first-order chi connectivity index (χ1) is 10.8. The maximum absolute atomic E-state index is 11.5. The molecule has 2 saturated heterocycles. The van der Waals surface area contributed by atoms with Gasteiger partial charge in [0.05, 0.1) is 13.2 Å². The number of hydroxylamine groups is 2. The zero-order chi connectivity index (χ0) is 18.6. The summed E-state index contributed by atoms with van der Waals surface area (Å²) in [7, 11) is -4.85. The monoisotopic (exact) mass is 402 g/mol. The van der Waals surface area contributed by atoms with E-state index in [0.717, 1.165) is 18.2 Å². The summed E-state index contributed by atoms with van der Waals surface area (Å²) in [4.78, 5) is 32.5. The Morgan fingerprint density at radius 1 is 1.04 bits per heavy atom. The smallest absolute Gasteiger partial charge is 1.00 e. The van der Waals surface area contributed by atoms with E-state index in [1.165, 1.54) is 0 Å². The fourth-order valence-electron chi connectivity index (χ4n) is 2.05. The van der Waals surface area contributed by atoms with Crippen LogP contribution in [0.4, 0.5) is 21.0 Å². The van der Waals surface area contributed by atoms with Gasteiger partial charge < -0.3 is 9.44 Å². The summed E-state index contributed by atoms with van der Waals surface area (Å²) >= 11 is 0. The summed E-state index contributed by atoms with van der Waals surface area (Å²) in [6.45, 7) is 2.71. The van der Waals surface area contributed by atoms with Crippen molar-refractivity contribution >= 4 is 20.0 Å². The molecule has 2 rings (SSSR count). The standard InChI is InChI=1S/C11H19N3O4.F5P.FH/c1-12(2)11(13-5-7-17-8-6-13)18-14-9(15)3-4-10(14)16;1-6(2,3,4)5;/h11H,3-8H2,1-2H3;;1H/p-1. The first-order valence-electron chi connectivity index (χ1n) is 6.95. The summed E-state index contributed by atoms with van der Waals surface area (Å²) in [5, 5.41) is 0.903. The van der Waals surface area contributed by atoms with E-state index < -0.39 is 14.5 Å². The molecule has 7 nitrogen and oxygen atoms in total. The molecule has 0 bridgehead atoms. The molecular formula is C11H19F6N3O4P-. The van der Waals surface area contributed by atoms with Crippen molar-refractivity contribution in [3.63, 3.8) is 0 Å². The first-order valence-corrected chi connectivity index (χ1v) is 8.64. The number of carbonyl (C=O) groups excluding carboxylic acids is 2. The summed E-state index contributed by atoms with van der Waals surface area (Å²) in [6.07, 6.45) is 0.0596. The van der Waals surface area contributed by atoms with E-state index in [0.29, 0.717) is 13.2 Å². The molecule has 0 aliphatic carbocycles. The summed E-state index contributed by atoms with van der Waals surface area (Å²) < 4.78 is 54.5. The minimum Gasteiger partial charge on any atom is -1.00 e. The molecule has 0 N–H and O–H groups in total. The Morgan fingerprint density at radius 2 is 1.44 bits per heavy atom. The Hall–Kier alpha value is -1.01. The maximum atomic E-state index is 11.5. The van der Waals surface area contributed by atoms with Gasteiger partial charge in [0.1, 0.15) is 0 Å². The number of halogens is 6. The number of carbonyl (C=O) groups is 2. The Morgan fingerprint density at radius 3 is 1.80 bits per heavy atom. The average molecular weight is 402 g/mol. The number of hydrogen-bond donors (Lipinski definition) is 0. The number of morpholine rings is 1. The van der Waals surface area contributed by atoms with Crippen LogP contribution < -0.4 is 4.70 Å². The number of amides is 2. The zero-order valence-electron chi connectivity index (χ0n) is 13.5. The predicted molar refractivity (Wildman–Crippen MR) is 74.5 cm³/mol. The summed E-state index contributed by atoms with van der Waals surface area (Å²) in [5.74, 6) is -0.528. The van der Waals surface area contributed by atoms with Crippen LogP contribution in [0.15, 0.2) is 0 Å². The maximum Gasteiger partial charge on any atom is -1.00 e. The molecule has 2 aliphatic rings. The largest absolute Gasteiger partial charge is 1.00 e. The van der Waals surface area contributed by atoms with Gasteiger partial charge in [0.25, 0.3) is 11.8 Å². The molecule has 0 radical (unpaired) electrons. The summed E-state index contributed by atoms with van der Waals surface area (Å²) in [5.41, 5.74) is 0. The van der Waals surface area contributed by atoms with Crippen LogP contribution in [0.3, 0.4) is 0 Å². The fraction of sp³-hybridized carbons (Fsp3) is 0.818. The van der Waals surface area contributed by atoms with Crippen LogP contribution in [0.5, 0.6) is 0 Å². The van der Waals surface area contributed by atoms with Crippen molar-refractivity contribution in [3.8, 4) is 0 Å². The second kappa shape index (κ2) is 9.08. The molecule has 0 aromatic heterocycles. The van der Waals surface area contributed by atoms with Crippen LogP contribution in [0.1, 0.15) is 12.8 Å². The first kappa shape index (κ1) is 24.0. The zero-order valence-corrected chi connectivity index (χ0v) is 14.4. The van der Waals surface area contributed by atoms with Crippen molar-refractivity contribution in [1.82, 2.24) is 14.9 Å². The Kier molecular flexibility index (Phi) is 8.71. The molecule has 1 atom stereocenters. The molecule has 1 unspecified atom stereocenters. The molecule has 25 heavy (non-hydrogen) atoms. The van der Waals surface area contributed by atoms with Crippen molar-refractivity contribution in [1.29, 1.82) is 0 Å². The van der Waals surface area contributed by atoms with Crippen LogP contribution in [-0.2, 0) is 19.2 Å². The van der Waals surface area contributed by atoms with Gasteiger partial charge in [0.15, 0.2) is 6.35 Å². The minimum absolute atomic E-state index is 0. The van der Waals surface area contributed by atoms with Crippen molar-refractivity contribution in [2.45, 2.75) is 19.2 Å². The number of rotatable bonds is 4. The van der Waals surface area contributed by atoms with Crippen LogP contribution >= 0.6 is 8.16 Å². The van der Waals surface area contributed by atoms with E-state index in [4.69, 9.17) is 9.57 Å². The van der Waals surface area contributed by atoms with Gasteiger partial charge in [0.2, 0.25) is 0 Å². The molecular weight excluding hydrogens is 383 g/mol. The van der Waals surface area contributed by atoms with Crippen molar-refractivity contribution in [3.05, 3.63) is 0 Å². The molecule has 0 saturated carbocycles. The molecule has 2 aliphatic heterocycles. The Bertz CT molecular complexity index is 438. The van der Waals surface area contributed by atoms with Crippen LogP contribution in [0, 0.1) is 0 Å². The van der Waals surface area contributed by atoms with Gasteiger partial charge in [-0.2, -0.15) is 5.06 Å². The van der Waals surface area contributed by atoms with Crippen molar-refractivity contribution < 1.29 is 44.9 Å². The predicted octanol–water partition coefficient (Wildman–Crippen LogP) is -0.789. The third-order valence-corrected chi connectivity index (χ3v) is 3.01. The molecule has 150 valence electrons. The van der Waals surface area contributed by atoms with E-state index in [1.807, 2.05) is 23.9 Å². The molecule has 0 aromatic carbocycles. The molecule has 0 spiro atoms. The van der Waals surface area contributed by atoms with Crippen molar-refractivity contribution in [2.24, 2.45) is 0 Å². The van der Waals surface area contributed by atoms with Gasteiger partial charge in [-0.15, -0.1) is 0 Å². The fourth-order valence-corrected chi connectivity index (χ4v) is 2.05. The van der Waals surface area contributed by atoms with E-state index in [9.17, 15) is 30.6 Å². The normalized spacial score (nSPS) is 21.9. The third kappa shape index (κ3) is 9.90. The van der Waals surface area contributed by atoms with Crippen molar-refractivity contribution in [2.75, 3.05) is 40.4 Å². The van der Waals surface area contributed by atoms with E-state index in [1.54, 1.807) is 0 Å². The topological polar surface area (TPSA) is 62.3 Å². The van der Waals surface area contributed by atoms with Gasteiger partial charge in [-0.05, 0) is 14.1 Å². The molecule has 2 amide bonds. The van der Waals surface area contributed by atoms with Gasteiger partial charge in [-0.1, -0.05) is 0 Å². The van der Waals surface area contributed by atoms with E-state index in [-0.39, 0.29) is 29.4 Å². The van der Waals surface area contributed by atoms with Gasteiger partial charge in [0, 0.05) is 25.9 Å². The third-order valence-electron chi connectivity index (χ3n) is 3.01. The molecule has 2 heterocycles. The molecule has 0 aromatic rings. The van der Waals surface area contributed by atoms with Crippen LogP contribution in [0.25, 0.3) is 0 Å². The van der Waals surface area contributed by atoms with E-state index in [2.05, 4.69) is 0 Å². The number of hydrogen-bond acceptors (Lipinski definition) is 6.